The number of aliphatic carboxylic acids is 1. The molecule has 98 valence electrons. The average molecular weight is 279 g/mol. The van der Waals surface area contributed by atoms with Gasteiger partial charge in [0.2, 0.25) is 0 Å². The SMILES string of the molecule is O=C(O)CCc1ccc(Cl)c(-c2ccc(F)cc2)c1. The molecule has 0 fully saturated rings. The Balaban J connectivity index is 2.31. The number of aryl methyl sites for hydroxylation is 1. The summed E-state index contributed by atoms with van der Waals surface area (Å²) in [6.45, 7) is 0. The van der Waals surface area contributed by atoms with Crippen LogP contribution in [-0.4, -0.2) is 11.1 Å². The van der Waals surface area contributed by atoms with Gasteiger partial charge in [-0.2, -0.15) is 0 Å². The van der Waals surface area contributed by atoms with E-state index in [1.165, 1.54) is 12.1 Å². The van der Waals surface area contributed by atoms with Crippen molar-refractivity contribution in [2.75, 3.05) is 0 Å². The monoisotopic (exact) mass is 278 g/mol. The van der Waals surface area contributed by atoms with E-state index in [1.807, 2.05) is 6.07 Å². The van der Waals surface area contributed by atoms with Gasteiger partial charge in [0.1, 0.15) is 5.82 Å². The van der Waals surface area contributed by atoms with Gasteiger partial charge < -0.3 is 5.11 Å². The van der Waals surface area contributed by atoms with Crippen LogP contribution in [0.3, 0.4) is 0 Å². The molecular weight excluding hydrogens is 267 g/mol. The molecule has 0 aromatic heterocycles. The average Bonchev–Trinajstić information content (AvgIpc) is 2.39. The van der Waals surface area contributed by atoms with Crippen molar-refractivity contribution in [3.8, 4) is 11.1 Å². The van der Waals surface area contributed by atoms with E-state index in [1.54, 1.807) is 24.3 Å². The Morgan fingerprint density at radius 2 is 1.84 bits per heavy atom. The molecule has 2 rings (SSSR count). The number of halogens is 2. The largest absolute Gasteiger partial charge is 0.481 e. The Morgan fingerprint density at radius 3 is 2.47 bits per heavy atom. The first-order valence-electron chi connectivity index (χ1n) is 5.82. The maximum Gasteiger partial charge on any atom is 0.303 e. The second-order valence-electron chi connectivity index (χ2n) is 4.21. The molecule has 19 heavy (non-hydrogen) atoms. The first-order chi connectivity index (χ1) is 9.06. The van der Waals surface area contributed by atoms with Gasteiger partial charge in [-0.25, -0.2) is 4.39 Å². The fourth-order valence-electron chi connectivity index (χ4n) is 1.83. The van der Waals surface area contributed by atoms with E-state index in [0.717, 1.165) is 16.7 Å². The quantitative estimate of drug-likeness (QED) is 0.912. The van der Waals surface area contributed by atoms with Crippen molar-refractivity contribution in [3.05, 3.63) is 58.9 Å². The number of hydrogen-bond donors (Lipinski definition) is 1. The minimum atomic E-state index is -0.835. The molecule has 0 saturated carbocycles. The Bertz CT molecular complexity index is 594. The lowest BCUT2D eigenvalue weighted by atomic mass is 10.0. The first-order valence-corrected chi connectivity index (χ1v) is 6.20. The van der Waals surface area contributed by atoms with Gasteiger partial charge in [-0.1, -0.05) is 29.8 Å². The van der Waals surface area contributed by atoms with Crippen molar-refractivity contribution in [2.24, 2.45) is 0 Å². The molecule has 4 heteroatoms. The molecule has 0 radical (unpaired) electrons. The molecule has 1 N–H and O–H groups in total. The van der Waals surface area contributed by atoms with E-state index in [9.17, 15) is 9.18 Å². The molecule has 0 heterocycles. The summed E-state index contributed by atoms with van der Waals surface area (Å²) in [6, 6.07) is 11.4. The summed E-state index contributed by atoms with van der Waals surface area (Å²) in [5.41, 5.74) is 2.49. The Morgan fingerprint density at radius 1 is 1.16 bits per heavy atom. The molecule has 0 bridgehead atoms. The summed E-state index contributed by atoms with van der Waals surface area (Å²) >= 11 is 6.12. The van der Waals surface area contributed by atoms with E-state index in [-0.39, 0.29) is 12.2 Å². The predicted molar refractivity (Wildman–Crippen MR) is 72.8 cm³/mol. The van der Waals surface area contributed by atoms with Crippen molar-refractivity contribution in [3.63, 3.8) is 0 Å². The lowest BCUT2D eigenvalue weighted by Gasteiger charge is -2.07. The van der Waals surface area contributed by atoms with Gasteiger partial charge in [-0.05, 0) is 41.8 Å². The van der Waals surface area contributed by atoms with Crippen LogP contribution in [0.4, 0.5) is 4.39 Å². The van der Waals surface area contributed by atoms with Gasteiger partial charge in [0.05, 0.1) is 0 Å². The Labute approximate surface area is 115 Å². The number of carboxylic acids is 1. The summed E-state index contributed by atoms with van der Waals surface area (Å²) in [6.07, 6.45) is 0.519. The van der Waals surface area contributed by atoms with Gasteiger partial charge >= 0.3 is 5.97 Å². The topological polar surface area (TPSA) is 37.3 Å². The Hall–Kier alpha value is -1.87. The highest BCUT2D eigenvalue weighted by molar-refractivity contribution is 6.33. The minimum absolute atomic E-state index is 0.0739. The molecule has 0 spiro atoms. The van der Waals surface area contributed by atoms with Crippen LogP contribution >= 0.6 is 11.6 Å². The molecule has 0 saturated heterocycles. The summed E-state index contributed by atoms with van der Waals surface area (Å²) in [5, 5.41) is 9.24. The van der Waals surface area contributed by atoms with Crippen molar-refractivity contribution in [1.82, 2.24) is 0 Å². The maximum atomic E-state index is 12.9. The maximum absolute atomic E-state index is 12.9. The van der Waals surface area contributed by atoms with E-state index < -0.39 is 5.97 Å². The van der Waals surface area contributed by atoms with Gasteiger partial charge in [0, 0.05) is 17.0 Å². The minimum Gasteiger partial charge on any atom is -0.481 e. The highest BCUT2D eigenvalue weighted by atomic mass is 35.5. The number of rotatable bonds is 4. The normalized spacial score (nSPS) is 10.4. The van der Waals surface area contributed by atoms with Crippen LogP contribution < -0.4 is 0 Å². The van der Waals surface area contributed by atoms with Crippen LogP contribution in [-0.2, 0) is 11.2 Å². The smallest absolute Gasteiger partial charge is 0.303 e. The lowest BCUT2D eigenvalue weighted by Crippen LogP contribution is -1.97. The van der Waals surface area contributed by atoms with Crippen molar-refractivity contribution >= 4 is 17.6 Å². The fraction of sp³-hybridized carbons (Fsp3) is 0.133. The molecule has 0 unspecified atom stereocenters. The van der Waals surface area contributed by atoms with Gasteiger partial charge in [-0.3, -0.25) is 4.79 Å². The second kappa shape index (κ2) is 5.85. The van der Waals surface area contributed by atoms with Crippen molar-refractivity contribution < 1.29 is 14.3 Å². The number of hydrogen-bond acceptors (Lipinski definition) is 1. The molecule has 0 aliphatic rings. The zero-order valence-corrected chi connectivity index (χ0v) is 10.8. The predicted octanol–water partition coefficient (Wildman–Crippen LogP) is 4.16. The summed E-state index contributed by atoms with van der Waals surface area (Å²) in [4.78, 5) is 10.6. The van der Waals surface area contributed by atoms with Crippen LogP contribution in [0.1, 0.15) is 12.0 Å². The highest BCUT2D eigenvalue weighted by Gasteiger charge is 2.06. The molecule has 2 aromatic carbocycles. The molecule has 2 nitrogen and oxygen atoms in total. The molecule has 0 amide bonds. The van der Waals surface area contributed by atoms with E-state index in [0.29, 0.717) is 11.4 Å². The van der Waals surface area contributed by atoms with Gasteiger partial charge in [0.25, 0.3) is 0 Å². The van der Waals surface area contributed by atoms with E-state index in [2.05, 4.69) is 0 Å². The zero-order valence-electron chi connectivity index (χ0n) is 10.1. The van der Waals surface area contributed by atoms with Crippen molar-refractivity contribution in [1.29, 1.82) is 0 Å². The fourth-order valence-corrected chi connectivity index (χ4v) is 2.06. The van der Waals surface area contributed by atoms with E-state index >= 15 is 0 Å². The Kier molecular flexibility index (Phi) is 4.17. The molecular formula is C15H12ClFO2. The third kappa shape index (κ3) is 3.55. The molecule has 0 atom stereocenters. The number of carbonyl (C=O) groups is 1. The summed E-state index contributed by atoms with van der Waals surface area (Å²) in [5.74, 6) is -1.14. The summed E-state index contributed by atoms with van der Waals surface area (Å²) < 4.78 is 12.9. The number of carboxylic acid groups (broad SMARTS) is 1. The number of benzene rings is 2. The van der Waals surface area contributed by atoms with Crippen LogP contribution in [0.2, 0.25) is 5.02 Å². The van der Waals surface area contributed by atoms with Crippen molar-refractivity contribution in [2.45, 2.75) is 12.8 Å². The second-order valence-corrected chi connectivity index (χ2v) is 4.62. The van der Waals surface area contributed by atoms with Crippen LogP contribution in [0.15, 0.2) is 42.5 Å². The van der Waals surface area contributed by atoms with Gasteiger partial charge in [0.15, 0.2) is 0 Å². The first kappa shape index (κ1) is 13.6. The van der Waals surface area contributed by atoms with E-state index in [4.69, 9.17) is 16.7 Å². The zero-order chi connectivity index (χ0) is 13.8. The van der Waals surface area contributed by atoms with Gasteiger partial charge in [-0.15, -0.1) is 0 Å². The third-order valence-corrected chi connectivity index (χ3v) is 3.14. The summed E-state index contributed by atoms with van der Waals surface area (Å²) in [7, 11) is 0. The van der Waals surface area contributed by atoms with Crippen LogP contribution in [0.25, 0.3) is 11.1 Å². The molecule has 0 aliphatic carbocycles. The standard InChI is InChI=1S/C15H12ClFO2/c16-14-7-1-10(2-8-15(18)19)9-13(14)11-3-5-12(17)6-4-11/h1,3-7,9H,2,8H2,(H,18,19). The lowest BCUT2D eigenvalue weighted by molar-refractivity contribution is -0.136. The third-order valence-electron chi connectivity index (χ3n) is 2.81. The van der Waals surface area contributed by atoms with Crippen LogP contribution in [0.5, 0.6) is 0 Å². The molecule has 2 aromatic rings. The molecule has 0 aliphatic heterocycles. The van der Waals surface area contributed by atoms with Crippen LogP contribution in [0, 0.1) is 5.82 Å². The highest BCUT2D eigenvalue weighted by Crippen LogP contribution is 2.29.